The van der Waals surface area contributed by atoms with Crippen LogP contribution in [0.5, 0.6) is 0 Å². The lowest BCUT2D eigenvalue weighted by molar-refractivity contribution is -0.135. The van der Waals surface area contributed by atoms with E-state index in [-0.39, 0.29) is 5.56 Å². The number of carbonyl (C=O) groups is 2. The summed E-state index contributed by atoms with van der Waals surface area (Å²) < 4.78 is 4.62. The molecule has 6 nitrogen and oxygen atoms in total. The highest BCUT2D eigenvalue weighted by atomic mass is 16.4. The Hall–Kier alpha value is -2.89. The van der Waals surface area contributed by atoms with Crippen LogP contribution < -0.4 is 10.5 Å². The molecule has 1 heterocycles. The number of para-hydroxylation sites is 1. The molecule has 0 atom stereocenters. The lowest BCUT2D eigenvalue weighted by atomic mass is 10.2. The van der Waals surface area contributed by atoms with Crippen molar-refractivity contribution in [3.8, 4) is 0 Å². The Morgan fingerprint density at radius 3 is 2.35 bits per heavy atom. The molecule has 2 rings (SSSR count). The van der Waals surface area contributed by atoms with Crippen LogP contribution in [0.15, 0.2) is 57.9 Å². The van der Waals surface area contributed by atoms with Crippen LogP contribution in [0.25, 0.3) is 0 Å². The van der Waals surface area contributed by atoms with Gasteiger partial charge in [0.1, 0.15) is 12.8 Å². The number of benzene rings is 1. The summed E-state index contributed by atoms with van der Waals surface area (Å²) in [6, 6.07) is 10.8. The number of rotatable bonds is 4. The molecule has 0 fully saturated rings. The number of hydrogen-bond donors (Lipinski definition) is 1. The summed E-state index contributed by atoms with van der Waals surface area (Å²) in [7, 11) is 0. The molecule has 0 spiro atoms. The van der Waals surface area contributed by atoms with Crippen molar-refractivity contribution in [3.63, 3.8) is 0 Å². The van der Waals surface area contributed by atoms with E-state index < -0.39 is 24.0 Å². The van der Waals surface area contributed by atoms with Gasteiger partial charge in [-0.05, 0) is 18.2 Å². The maximum atomic E-state index is 12.3. The topological polar surface area (TPSA) is 87.8 Å². The first kappa shape index (κ1) is 13.5. The molecule has 2 aromatic rings. The molecule has 1 aromatic carbocycles. The van der Waals surface area contributed by atoms with Crippen LogP contribution in [0.1, 0.15) is 10.4 Å². The fourth-order valence-corrected chi connectivity index (χ4v) is 1.66. The van der Waals surface area contributed by atoms with Gasteiger partial charge in [-0.15, -0.1) is 0 Å². The second kappa shape index (κ2) is 5.83. The minimum absolute atomic E-state index is 0.106. The highest BCUT2D eigenvalue weighted by Gasteiger charge is 2.20. The summed E-state index contributed by atoms with van der Waals surface area (Å²) in [4.78, 5) is 35.2. The van der Waals surface area contributed by atoms with Gasteiger partial charge in [-0.1, -0.05) is 18.2 Å². The van der Waals surface area contributed by atoms with Gasteiger partial charge in [-0.2, -0.15) is 0 Å². The van der Waals surface area contributed by atoms with Gasteiger partial charge in [-0.25, -0.2) is 4.79 Å². The van der Waals surface area contributed by atoms with Crippen molar-refractivity contribution in [2.24, 2.45) is 0 Å². The molecular weight excluding hydrogens is 262 g/mol. The van der Waals surface area contributed by atoms with Crippen molar-refractivity contribution in [2.45, 2.75) is 0 Å². The van der Waals surface area contributed by atoms with Crippen molar-refractivity contribution in [3.05, 3.63) is 64.7 Å². The number of anilines is 1. The third kappa shape index (κ3) is 3.11. The molecule has 1 amide bonds. The van der Waals surface area contributed by atoms with Gasteiger partial charge < -0.3 is 9.52 Å². The zero-order chi connectivity index (χ0) is 14.5. The fraction of sp³-hybridized carbons (Fsp3) is 0.0714. The highest BCUT2D eigenvalue weighted by molar-refractivity contribution is 6.07. The van der Waals surface area contributed by atoms with Gasteiger partial charge in [0.15, 0.2) is 0 Å². The van der Waals surface area contributed by atoms with Gasteiger partial charge in [0.25, 0.3) is 5.91 Å². The second-order valence-electron chi connectivity index (χ2n) is 3.96. The molecule has 1 N–H and O–H groups in total. The molecule has 0 saturated carbocycles. The second-order valence-corrected chi connectivity index (χ2v) is 3.96. The number of amides is 1. The molecule has 0 aliphatic rings. The van der Waals surface area contributed by atoms with E-state index in [1.54, 1.807) is 30.3 Å². The molecular formula is C14H11NO5. The summed E-state index contributed by atoms with van der Waals surface area (Å²) in [5.74, 6) is -1.69. The molecule has 0 aliphatic heterocycles. The van der Waals surface area contributed by atoms with Crippen LogP contribution >= 0.6 is 0 Å². The quantitative estimate of drug-likeness (QED) is 0.909. The van der Waals surface area contributed by atoms with Gasteiger partial charge >= 0.3 is 11.6 Å². The first-order valence-electron chi connectivity index (χ1n) is 5.75. The molecule has 20 heavy (non-hydrogen) atoms. The van der Waals surface area contributed by atoms with Crippen molar-refractivity contribution in [2.75, 3.05) is 11.4 Å². The Morgan fingerprint density at radius 1 is 1.10 bits per heavy atom. The van der Waals surface area contributed by atoms with E-state index in [9.17, 15) is 14.4 Å². The maximum absolute atomic E-state index is 12.3. The van der Waals surface area contributed by atoms with E-state index in [0.29, 0.717) is 5.69 Å². The zero-order valence-electron chi connectivity index (χ0n) is 10.4. The van der Waals surface area contributed by atoms with E-state index >= 15 is 0 Å². The minimum Gasteiger partial charge on any atom is -0.480 e. The third-order valence-electron chi connectivity index (χ3n) is 2.55. The first-order chi connectivity index (χ1) is 9.58. The summed E-state index contributed by atoms with van der Waals surface area (Å²) in [6.07, 6.45) is 1.02. The standard InChI is InChI=1S/C14H11NO5/c16-12(17)8-15(11-4-2-1-3-5-11)14(19)10-6-7-13(18)20-9-10/h1-7,9H,8H2,(H,16,17). The highest BCUT2D eigenvalue weighted by Crippen LogP contribution is 2.16. The smallest absolute Gasteiger partial charge is 0.335 e. The molecule has 0 unspecified atom stereocenters. The van der Waals surface area contributed by atoms with E-state index in [2.05, 4.69) is 4.42 Å². The molecule has 6 heteroatoms. The number of carbonyl (C=O) groups excluding carboxylic acids is 1. The van der Waals surface area contributed by atoms with Gasteiger partial charge in [0.2, 0.25) is 0 Å². The van der Waals surface area contributed by atoms with E-state index in [4.69, 9.17) is 5.11 Å². The Morgan fingerprint density at radius 2 is 1.80 bits per heavy atom. The predicted octanol–water partition coefficient (Wildman–Crippen LogP) is 1.37. The third-order valence-corrected chi connectivity index (χ3v) is 2.55. The SMILES string of the molecule is O=C(O)CN(C(=O)c1ccc(=O)oc1)c1ccccc1. The van der Waals surface area contributed by atoms with Crippen LogP contribution in [-0.4, -0.2) is 23.5 Å². The van der Waals surface area contributed by atoms with E-state index in [1.807, 2.05) is 0 Å². The molecule has 1 aromatic heterocycles. The fourth-order valence-electron chi connectivity index (χ4n) is 1.66. The number of carboxylic acid groups (broad SMARTS) is 1. The van der Waals surface area contributed by atoms with E-state index in [0.717, 1.165) is 17.2 Å². The molecule has 0 radical (unpaired) electrons. The van der Waals surface area contributed by atoms with Gasteiger partial charge in [0.05, 0.1) is 5.56 Å². The molecule has 0 saturated heterocycles. The van der Waals surface area contributed by atoms with Gasteiger partial charge in [-0.3, -0.25) is 14.5 Å². The minimum atomic E-state index is -1.14. The van der Waals surface area contributed by atoms with Crippen molar-refractivity contribution < 1.29 is 19.1 Å². The monoisotopic (exact) mass is 273 g/mol. The van der Waals surface area contributed by atoms with Crippen LogP contribution in [0.2, 0.25) is 0 Å². The van der Waals surface area contributed by atoms with Crippen LogP contribution in [-0.2, 0) is 4.79 Å². The number of hydrogen-bond acceptors (Lipinski definition) is 4. The largest absolute Gasteiger partial charge is 0.480 e. The molecule has 102 valence electrons. The van der Waals surface area contributed by atoms with Crippen LogP contribution in [0, 0.1) is 0 Å². The Balaban J connectivity index is 2.36. The van der Waals surface area contributed by atoms with Crippen molar-refractivity contribution in [1.82, 2.24) is 0 Å². The Bertz CT molecular complexity index is 657. The Labute approximate surface area is 113 Å². The van der Waals surface area contributed by atoms with Crippen molar-refractivity contribution in [1.29, 1.82) is 0 Å². The number of aliphatic carboxylic acids is 1. The maximum Gasteiger partial charge on any atom is 0.335 e. The van der Waals surface area contributed by atoms with Crippen molar-refractivity contribution >= 4 is 17.6 Å². The predicted molar refractivity (Wildman–Crippen MR) is 70.7 cm³/mol. The zero-order valence-corrected chi connectivity index (χ0v) is 10.4. The Kier molecular flexibility index (Phi) is 3.95. The first-order valence-corrected chi connectivity index (χ1v) is 5.75. The lowest BCUT2D eigenvalue weighted by Gasteiger charge is -2.20. The van der Waals surface area contributed by atoms with Crippen LogP contribution in [0.3, 0.4) is 0 Å². The lowest BCUT2D eigenvalue weighted by Crippen LogP contribution is -2.35. The molecule has 0 bridgehead atoms. The normalized spacial score (nSPS) is 10.0. The van der Waals surface area contributed by atoms with Gasteiger partial charge in [0, 0.05) is 11.8 Å². The number of carboxylic acids is 1. The van der Waals surface area contributed by atoms with Crippen LogP contribution in [0.4, 0.5) is 5.69 Å². The summed E-state index contributed by atoms with van der Waals surface area (Å²) in [5.41, 5.74) is -0.0214. The summed E-state index contributed by atoms with van der Waals surface area (Å²) in [5, 5.41) is 8.92. The average Bonchev–Trinajstić information content (AvgIpc) is 2.45. The average molecular weight is 273 g/mol. The van der Waals surface area contributed by atoms with E-state index in [1.165, 1.54) is 6.07 Å². The summed E-state index contributed by atoms with van der Waals surface area (Å²) >= 11 is 0. The molecule has 0 aliphatic carbocycles. The summed E-state index contributed by atoms with van der Waals surface area (Å²) in [6.45, 7) is -0.484. The number of nitrogens with zero attached hydrogens (tertiary/aromatic N) is 1.